The van der Waals surface area contributed by atoms with Gasteiger partial charge in [-0.15, -0.1) is 0 Å². The van der Waals surface area contributed by atoms with E-state index < -0.39 is 17.3 Å². The van der Waals surface area contributed by atoms with Crippen LogP contribution in [-0.2, 0) is 23.9 Å². The molecule has 0 spiro atoms. The van der Waals surface area contributed by atoms with Crippen molar-refractivity contribution < 1.29 is 34.3 Å². The summed E-state index contributed by atoms with van der Waals surface area (Å²) in [6.45, 7) is 12.7. The lowest BCUT2D eigenvalue weighted by molar-refractivity contribution is -0.272. The van der Waals surface area contributed by atoms with Gasteiger partial charge in [-0.05, 0) is 63.4 Å². The number of esters is 1. The smallest absolute Gasteiger partial charge is 0.306 e. The van der Waals surface area contributed by atoms with E-state index >= 15 is 0 Å². The predicted octanol–water partition coefficient (Wildman–Crippen LogP) is 3.49. The zero-order chi connectivity index (χ0) is 22.6. The molecule has 7 nitrogen and oxygen atoms in total. The van der Waals surface area contributed by atoms with Gasteiger partial charge in [0.1, 0.15) is 17.8 Å². The number of carbonyl (C=O) groups is 1. The van der Waals surface area contributed by atoms with Crippen LogP contribution < -0.4 is 0 Å². The van der Waals surface area contributed by atoms with E-state index in [9.17, 15) is 15.2 Å². The van der Waals surface area contributed by atoms with Gasteiger partial charge in [-0.3, -0.25) is 10.1 Å². The molecule has 0 amide bonds. The molecule has 3 saturated heterocycles. The third-order valence-corrected chi connectivity index (χ3v) is 8.44. The minimum atomic E-state index is -1.07. The second kappa shape index (κ2) is 8.41. The number of fused-ring (bicyclic) bond motifs is 8. The summed E-state index contributed by atoms with van der Waals surface area (Å²) in [5.74, 6) is 0.283. The van der Waals surface area contributed by atoms with Crippen LogP contribution in [0, 0.1) is 23.7 Å². The summed E-state index contributed by atoms with van der Waals surface area (Å²) in [6, 6.07) is 0. The van der Waals surface area contributed by atoms with Crippen molar-refractivity contribution in [2.75, 3.05) is 6.61 Å². The zero-order valence-electron chi connectivity index (χ0n) is 19.2. The fourth-order valence-corrected chi connectivity index (χ4v) is 6.79. The van der Waals surface area contributed by atoms with E-state index in [2.05, 4.69) is 13.5 Å². The standard InChI is InChI=1S/C24H38O7/c1-6-7-19(25)30-23(4)9-8-16(31-27)13(2)10-17-21-20(22(23)29-17)15-11-18(24(21,5)26)28-12-14(15)3/h14-18,20-22,26-27H,2,6-12H2,1,3-5H3/t14-,15+,16-,17+,18+,20+,21?,22+,23+,24-/m0/s1. The number of aliphatic hydroxyl groups is 1. The Morgan fingerprint density at radius 1 is 1.35 bits per heavy atom. The zero-order valence-corrected chi connectivity index (χ0v) is 19.2. The molecule has 1 saturated carbocycles. The minimum Gasteiger partial charge on any atom is -0.457 e. The second-order valence-corrected chi connectivity index (χ2v) is 10.7. The minimum absolute atomic E-state index is 0.0500. The van der Waals surface area contributed by atoms with Crippen molar-refractivity contribution in [1.29, 1.82) is 0 Å². The Bertz CT molecular complexity index is 706. The number of carbonyl (C=O) groups excluding carboxylic acids is 1. The maximum absolute atomic E-state index is 12.6. The molecule has 1 aliphatic carbocycles. The summed E-state index contributed by atoms with van der Waals surface area (Å²) in [7, 11) is 0. The lowest BCUT2D eigenvalue weighted by atomic mass is 9.55. The van der Waals surface area contributed by atoms with Crippen LogP contribution in [0.5, 0.6) is 0 Å². The molecule has 4 bridgehead atoms. The van der Waals surface area contributed by atoms with Crippen LogP contribution in [-0.4, -0.2) is 58.6 Å². The molecule has 0 aromatic heterocycles. The van der Waals surface area contributed by atoms with Crippen LogP contribution in [0.2, 0.25) is 0 Å². The maximum atomic E-state index is 12.6. The maximum Gasteiger partial charge on any atom is 0.306 e. The topological polar surface area (TPSA) is 94.5 Å². The first-order valence-corrected chi connectivity index (χ1v) is 11.8. The molecule has 0 radical (unpaired) electrons. The molecule has 1 unspecified atom stereocenters. The van der Waals surface area contributed by atoms with E-state index in [1.165, 1.54) is 0 Å². The van der Waals surface area contributed by atoms with Crippen molar-refractivity contribution in [2.45, 2.75) is 102 Å². The monoisotopic (exact) mass is 438 g/mol. The molecule has 3 aliphatic heterocycles. The van der Waals surface area contributed by atoms with Crippen molar-refractivity contribution >= 4 is 5.97 Å². The summed E-state index contributed by atoms with van der Waals surface area (Å²) in [5.41, 5.74) is -1.22. The van der Waals surface area contributed by atoms with Crippen LogP contribution in [0.4, 0.5) is 0 Å². The number of hydrogen-bond donors (Lipinski definition) is 2. The summed E-state index contributed by atoms with van der Waals surface area (Å²) >= 11 is 0. The Morgan fingerprint density at radius 2 is 2.10 bits per heavy atom. The molecule has 176 valence electrons. The highest BCUT2D eigenvalue weighted by Crippen LogP contribution is 2.59. The van der Waals surface area contributed by atoms with Crippen LogP contribution in [0.25, 0.3) is 0 Å². The fraction of sp³-hybridized carbons (Fsp3) is 0.875. The van der Waals surface area contributed by atoms with Crippen molar-refractivity contribution in [3.05, 3.63) is 12.2 Å². The van der Waals surface area contributed by atoms with Crippen molar-refractivity contribution in [2.24, 2.45) is 23.7 Å². The molecule has 31 heavy (non-hydrogen) atoms. The average Bonchev–Trinajstić information content (AvgIpc) is 3.10. The molecular weight excluding hydrogens is 400 g/mol. The Balaban J connectivity index is 1.77. The molecule has 7 heteroatoms. The van der Waals surface area contributed by atoms with E-state index in [4.69, 9.17) is 19.1 Å². The summed E-state index contributed by atoms with van der Waals surface area (Å²) in [4.78, 5) is 17.4. The predicted molar refractivity (Wildman–Crippen MR) is 113 cm³/mol. The highest BCUT2D eigenvalue weighted by Gasteiger charge is 2.66. The van der Waals surface area contributed by atoms with Gasteiger partial charge in [0.15, 0.2) is 0 Å². The van der Waals surface area contributed by atoms with Crippen molar-refractivity contribution in [3.8, 4) is 0 Å². The highest BCUT2D eigenvalue weighted by atomic mass is 17.1. The van der Waals surface area contributed by atoms with Gasteiger partial charge in [0, 0.05) is 24.9 Å². The number of ether oxygens (including phenoxy) is 3. The summed E-state index contributed by atoms with van der Waals surface area (Å²) in [5, 5.41) is 21.2. The third kappa shape index (κ3) is 3.86. The van der Waals surface area contributed by atoms with E-state index in [0.717, 1.165) is 12.0 Å². The molecule has 3 heterocycles. The normalized spacial score (nSPS) is 49.5. The average molecular weight is 439 g/mol. The Kier molecular flexibility index (Phi) is 6.29. The van der Waals surface area contributed by atoms with E-state index in [0.29, 0.717) is 50.5 Å². The molecule has 4 aliphatic rings. The molecule has 10 atom stereocenters. The molecule has 0 aromatic rings. The van der Waals surface area contributed by atoms with Crippen molar-refractivity contribution in [3.63, 3.8) is 0 Å². The van der Waals surface area contributed by atoms with Crippen LogP contribution >= 0.6 is 0 Å². The first-order chi connectivity index (χ1) is 14.6. The van der Waals surface area contributed by atoms with Gasteiger partial charge in [-0.2, -0.15) is 0 Å². The van der Waals surface area contributed by atoms with Gasteiger partial charge in [0.2, 0.25) is 0 Å². The van der Waals surface area contributed by atoms with E-state index in [1.54, 1.807) is 0 Å². The molecule has 4 rings (SSSR count). The molecule has 4 fully saturated rings. The second-order valence-electron chi connectivity index (χ2n) is 10.7. The van der Waals surface area contributed by atoms with E-state index in [-0.39, 0.29) is 36.1 Å². The van der Waals surface area contributed by atoms with Gasteiger partial charge in [-0.1, -0.05) is 20.4 Å². The van der Waals surface area contributed by atoms with Crippen LogP contribution in [0.15, 0.2) is 12.2 Å². The Hall–Kier alpha value is -0.990. The van der Waals surface area contributed by atoms with Crippen molar-refractivity contribution in [1.82, 2.24) is 0 Å². The SMILES string of the molecule is C=C1C[C@H]2O[C@H]([C@H]3C2[C@@](C)(O)[C@H]2C[C@@H]3[C@@H](C)CO2)[C@](C)(OC(=O)CCC)CC[C@@H]1OO. The Morgan fingerprint density at radius 3 is 2.77 bits per heavy atom. The summed E-state index contributed by atoms with van der Waals surface area (Å²) < 4.78 is 18.9. The largest absolute Gasteiger partial charge is 0.457 e. The van der Waals surface area contributed by atoms with E-state index in [1.807, 2.05) is 20.8 Å². The van der Waals surface area contributed by atoms with Gasteiger partial charge in [0.25, 0.3) is 0 Å². The van der Waals surface area contributed by atoms with Gasteiger partial charge in [0.05, 0.1) is 17.8 Å². The third-order valence-electron chi connectivity index (χ3n) is 8.44. The lowest BCUT2D eigenvalue weighted by Gasteiger charge is -2.55. The quantitative estimate of drug-likeness (QED) is 0.300. The van der Waals surface area contributed by atoms with Crippen LogP contribution in [0.3, 0.4) is 0 Å². The highest BCUT2D eigenvalue weighted by molar-refractivity contribution is 5.69. The van der Waals surface area contributed by atoms with Gasteiger partial charge < -0.3 is 19.3 Å². The van der Waals surface area contributed by atoms with Gasteiger partial charge >= 0.3 is 5.97 Å². The number of rotatable bonds is 4. The fourth-order valence-electron chi connectivity index (χ4n) is 6.79. The lowest BCUT2D eigenvalue weighted by Crippen LogP contribution is -2.63. The van der Waals surface area contributed by atoms with Crippen LogP contribution in [0.1, 0.15) is 66.2 Å². The molecular formula is C24H38O7. The Labute approximate surface area is 185 Å². The molecule has 2 N–H and O–H groups in total. The van der Waals surface area contributed by atoms with Gasteiger partial charge in [-0.25, -0.2) is 4.89 Å². The summed E-state index contributed by atoms with van der Waals surface area (Å²) in [6.07, 6.45) is 1.83. The number of hydrogen-bond acceptors (Lipinski definition) is 7. The molecule has 0 aromatic carbocycles. The first-order valence-electron chi connectivity index (χ1n) is 11.8. The first kappa shape index (κ1) is 23.2.